The lowest BCUT2D eigenvalue weighted by molar-refractivity contribution is -0.199. The Labute approximate surface area is 298 Å². The highest BCUT2D eigenvalue weighted by Crippen LogP contribution is 2.65. The fourth-order valence-electron chi connectivity index (χ4n) is 10.5. The van der Waals surface area contributed by atoms with Crippen LogP contribution in [0.4, 0.5) is 4.79 Å². The number of amides is 2. The number of benzene rings is 1. The molecule has 11 heteroatoms. The first-order valence-corrected chi connectivity index (χ1v) is 18.8. The number of rotatable bonds is 9. The van der Waals surface area contributed by atoms with Gasteiger partial charge in [-0.3, -0.25) is 9.69 Å². The summed E-state index contributed by atoms with van der Waals surface area (Å²) in [5.41, 5.74) is -0.128. The lowest BCUT2D eigenvalue weighted by Gasteiger charge is -2.64. The molecule has 3 saturated carbocycles. The first kappa shape index (κ1) is 35.5. The SMILES string of the molecule is C[C@@H]1CN(C(C)(C)C=C(C#N)C(=O)N2C3CCC2(COC(=O)N[C@@H](Cc2ccccc2)B2O[C@@H]4C[C@@H]5C[C@@H](C5(C)C)[C@]4(C)O2)CC3)C[C@H](C)O1. The number of carbonyl (C=O) groups excluding carboxylic acids is 2. The molecule has 1 aromatic carbocycles. The molecule has 7 atom stereocenters. The number of hydrogen-bond donors (Lipinski definition) is 1. The van der Waals surface area contributed by atoms with E-state index < -0.39 is 35.8 Å². The van der Waals surface area contributed by atoms with Crippen LogP contribution in [0.5, 0.6) is 0 Å². The minimum absolute atomic E-state index is 0.00449. The van der Waals surface area contributed by atoms with Gasteiger partial charge in [0.25, 0.3) is 5.91 Å². The number of carbonyl (C=O) groups is 2. The van der Waals surface area contributed by atoms with Crippen LogP contribution in [0, 0.1) is 28.6 Å². The Hall–Kier alpha value is -2.91. The Bertz CT molecular complexity index is 1530. The summed E-state index contributed by atoms with van der Waals surface area (Å²) in [6, 6.07) is 12.3. The molecule has 1 N–H and O–H groups in total. The van der Waals surface area contributed by atoms with Gasteiger partial charge in [0.2, 0.25) is 0 Å². The third kappa shape index (κ3) is 6.18. The van der Waals surface area contributed by atoms with Crippen LogP contribution in [0.1, 0.15) is 92.6 Å². The van der Waals surface area contributed by atoms with Crippen molar-refractivity contribution in [1.82, 2.24) is 15.1 Å². The summed E-state index contributed by atoms with van der Waals surface area (Å²) in [5.74, 6) is 0.307. The van der Waals surface area contributed by atoms with Crippen LogP contribution >= 0.6 is 0 Å². The van der Waals surface area contributed by atoms with E-state index in [1.54, 1.807) is 0 Å². The van der Waals surface area contributed by atoms with Crippen molar-refractivity contribution in [3.63, 3.8) is 0 Å². The molecule has 7 aliphatic rings. The van der Waals surface area contributed by atoms with Crippen molar-refractivity contribution < 1.29 is 28.4 Å². The number of alkyl carbamates (subject to hydrolysis) is 1. The smallest absolute Gasteiger partial charge is 0.447 e. The van der Waals surface area contributed by atoms with Gasteiger partial charge in [0.1, 0.15) is 18.2 Å². The van der Waals surface area contributed by atoms with Crippen LogP contribution in [0.3, 0.4) is 0 Å². The lowest BCUT2D eigenvalue weighted by atomic mass is 9.43. The zero-order valence-electron chi connectivity index (χ0n) is 30.9. The summed E-state index contributed by atoms with van der Waals surface area (Å²) >= 11 is 0. The van der Waals surface area contributed by atoms with E-state index in [0.717, 1.165) is 57.2 Å². The minimum atomic E-state index is -0.633. The molecule has 7 fully saturated rings. The summed E-state index contributed by atoms with van der Waals surface area (Å²) in [6.07, 6.45) is 7.18. The Balaban J connectivity index is 1.04. The van der Waals surface area contributed by atoms with E-state index in [0.29, 0.717) is 18.3 Å². The third-order valence-electron chi connectivity index (χ3n) is 13.4. The van der Waals surface area contributed by atoms with Gasteiger partial charge in [-0.05, 0) is 108 Å². The molecular weight excluding hydrogens is 631 g/mol. The fourth-order valence-corrected chi connectivity index (χ4v) is 10.5. The van der Waals surface area contributed by atoms with Gasteiger partial charge in [-0.1, -0.05) is 44.2 Å². The van der Waals surface area contributed by atoms with Crippen molar-refractivity contribution in [3.05, 3.63) is 47.5 Å². The molecule has 4 saturated heterocycles. The molecule has 0 radical (unpaired) electrons. The number of fused-ring (bicyclic) bond motifs is 2. The number of nitrogens with one attached hydrogen (secondary N) is 1. The molecule has 0 spiro atoms. The zero-order valence-corrected chi connectivity index (χ0v) is 30.9. The number of nitriles is 1. The highest BCUT2D eigenvalue weighted by Gasteiger charge is 2.68. The summed E-state index contributed by atoms with van der Waals surface area (Å²) in [4.78, 5) is 32.0. The first-order chi connectivity index (χ1) is 23.6. The highest BCUT2D eigenvalue weighted by molar-refractivity contribution is 6.48. The molecule has 8 rings (SSSR count). The largest absolute Gasteiger partial charge is 0.482 e. The normalized spacial score (nSPS) is 36.7. The van der Waals surface area contributed by atoms with E-state index in [-0.39, 0.29) is 47.9 Å². The summed E-state index contributed by atoms with van der Waals surface area (Å²) in [6.45, 7) is 16.6. The summed E-state index contributed by atoms with van der Waals surface area (Å²) in [5, 5.41) is 13.4. The number of hydrogen-bond acceptors (Lipinski definition) is 8. The van der Waals surface area contributed by atoms with E-state index in [1.165, 1.54) is 0 Å². The van der Waals surface area contributed by atoms with Crippen molar-refractivity contribution in [2.45, 2.75) is 140 Å². The van der Waals surface area contributed by atoms with Crippen molar-refractivity contribution in [1.29, 1.82) is 5.26 Å². The van der Waals surface area contributed by atoms with Crippen LogP contribution in [0.2, 0.25) is 0 Å². The van der Waals surface area contributed by atoms with Gasteiger partial charge in [0, 0.05) is 24.7 Å². The van der Waals surface area contributed by atoms with Crippen LogP contribution in [0.15, 0.2) is 42.0 Å². The molecular formula is C39H55BN4O6. The molecule has 3 aliphatic carbocycles. The second kappa shape index (κ2) is 12.9. The predicted octanol–water partition coefficient (Wildman–Crippen LogP) is 5.45. The van der Waals surface area contributed by atoms with Gasteiger partial charge >= 0.3 is 13.2 Å². The third-order valence-corrected chi connectivity index (χ3v) is 13.4. The Morgan fingerprint density at radius 1 is 1.12 bits per heavy atom. The average Bonchev–Trinajstić information content (AvgIpc) is 3.74. The quantitative estimate of drug-likeness (QED) is 0.207. The topological polar surface area (TPSA) is 113 Å². The Morgan fingerprint density at radius 2 is 1.80 bits per heavy atom. The van der Waals surface area contributed by atoms with Crippen LogP contribution in [-0.4, -0.2) is 95.6 Å². The van der Waals surface area contributed by atoms with Gasteiger partial charge < -0.3 is 29.0 Å². The number of nitrogens with zero attached hydrogens (tertiary/aromatic N) is 3. The van der Waals surface area contributed by atoms with Gasteiger partial charge in [-0.25, -0.2) is 4.79 Å². The van der Waals surface area contributed by atoms with Gasteiger partial charge in [0.05, 0.1) is 35.4 Å². The second-order valence-corrected chi connectivity index (χ2v) is 17.5. The van der Waals surface area contributed by atoms with Crippen LogP contribution < -0.4 is 5.32 Å². The standard InChI is InChI=1S/C39H55BN4O6/c1-25-22-43(23-26(2)48-25)36(3,4)20-28(21-41)34(45)44-30-13-15-39(44,16-14-30)24-47-35(46)42-33(17-27-11-9-8-10-12-27)40-49-32-19-29-18-31(37(29,5)6)38(32,7)50-40/h8-12,20,25-26,29-33H,13-19,22-24H2,1-7H3,(H,42,46)/t25-,26+,29-,30?,31-,32+,33-,38-,39?/m0/s1. The van der Waals surface area contributed by atoms with E-state index in [2.05, 4.69) is 37.1 Å². The van der Waals surface area contributed by atoms with E-state index >= 15 is 0 Å². The maximum atomic E-state index is 14.2. The van der Waals surface area contributed by atoms with Gasteiger partial charge in [-0.2, -0.15) is 5.26 Å². The first-order valence-electron chi connectivity index (χ1n) is 18.8. The molecule has 4 heterocycles. The molecule has 270 valence electrons. The number of ether oxygens (including phenoxy) is 2. The summed E-state index contributed by atoms with van der Waals surface area (Å²) < 4.78 is 25.3. The average molecular weight is 687 g/mol. The van der Waals surface area contributed by atoms with Crippen molar-refractivity contribution >= 4 is 19.1 Å². The molecule has 1 aromatic rings. The molecule has 10 nitrogen and oxygen atoms in total. The maximum Gasteiger partial charge on any atom is 0.482 e. The van der Waals surface area contributed by atoms with Crippen molar-refractivity contribution in [2.75, 3.05) is 19.7 Å². The van der Waals surface area contributed by atoms with Crippen molar-refractivity contribution in [2.24, 2.45) is 17.3 Å². The zero-order chi connectivity index (χ0) is 35.6. The van der Waals surface area contributed by atoms with Crippen LogP contribution in [0.25, 0.3) is 0 Å². The molecule has 4 aliphatic heterocycles. The van der Waals surface area contributed by atoms with E-state index in [9.17, 15) is 14.9 Å². The predicted molar refractivity (Wildman–Crippen MR) is 190 cm³/mol. The Kier molecular flexibility index (Phi) is 9.19. The fraction of sp³-hybridized carbons (Fsp3) is 0.718. The van der Waals surface area contributed by atoms with Gasteiger partial charge in [-0.15, -0.1) is 0 Å². The summed E-state index contributed by atoms with van der Waals surface area (Å²) in [7, 11) is -0.601. The second-order valence-electron chi connectivity index (χ2n) is 17.5. The number of morpholine rings is 1. The highest BCUT2D eigenvalue weighted by atomic mass is 16.7. The molecule has 0 unspecified atom stereocenters. The monoisotopic (exact) mass is 686 g/mol. The lowest BCUT2D eigenvalue weighted by Crippen LogP contribution is -2.65. The maximum absolute atomic E-state index is 14.2. The molecule has 2 amide bonds. The van der Waals surface area contributed by atoms with Gasteiger partial charge in [0.15, 0.2) is 0 Å². The van der Waals surface area contributed by atoms with Crippen molar-refractivity contribution in [3.8, 4) is 6.07 Å². The van der Waals surface area contributed by atoms with E-state index in [1.807, 2.05) is 69.0 Å². The minimum Gasteiger partial charge on any atom is -0.447 e. The molecule has 0 aromatic heterocycles. The Morgan fingerprint density at radius 3 is 2.44 bits per heavy atom. The molecule has 4 bridgehead atoms. The van der Waals surface area contributed by atoms with E-state index in [4.69, 9.17) is 18.8 Å². The molecule has 50 heavy (non-hydrogen) atoms. The van der Waals surface area contributed by atoms with Crippen LogP contribution in [-0.2, 0) is 30.0 Å².